The van der Waals surface area contributed by atoms with Crippen LogP contribution in [-0.2, 0) is 10.3 Å². The van der Waals surface area contributed by atoms with E-state index in [9.17, 15) is 0 Å². The second-order valence-electron chi connectivity index (χ2n) is 4.68. The van der Waals surface area contributed by atoms with Gasteiger partial charge in [0.2, 0.25) is 0 Å². The van der Waals surface area contributed by atoms with Crippen molar-refractivity contribution in [3.8, 4) is 0 Å². The lowest BCUT2D eigenvalue weighted by molar-refractivity contribution is 0.0395. The molecule has 2 unspecified atom stereocenters. The SMILES string of the molecule is COC(c1ccccc1)C(C)(N)c1ccccc1. The van der Waals surface area contributed by atoms with Crippen molar-refractivity contribution < 1.29 is 4.74 Å². The summed E-state index contributed by atoms with van der Waals surface area (Å²) in [6, 6.07) is 20.1. The molecule has 2 aromatic carbocycles. The van der Waals surface area contributed by atoms with Crippen LogP contribution in [0, 0.1) is 0 Å². The van der Waals surface area contributed by atoms with E-state index >= 15 is 0 Å². The van der Waals surface area contributed by atoms with Gasteiger partial charge in [0.1, 0.15) is 6.10 Å². The lowest BCUT2D eigenvalue weighted by Gasteiger charge is -2.34. The average Bonchev–Trinajstić information content (AvgIpc) is 2.41. The molecule has 0 saturated heterocycles. The Labute approximate surface area is 108 Å². The van der Waals surface area contributed by atoms with E-state index < -0.39 is 5.54 Å². The van der Waals surface area contributed by atoms with Gasteiger partial charge in [0, 0.05) is 7.11 Å². The van der Waals surface area contributed by atoms with Gasteiger partial charge < -0.3 is 10.5 Å². The molecule has 0 radical (unpaired) electrons. The van der Waals surface area contributed by atoms with Gasteiger partial charge in [-0.15, -0.1) is 0 Å². The van der Waals surface area contributed by atoms with E-state index in [1.54, 1.807) is 7.11 Å². The van der Waals surface area contributed by atoms with Gasteiger partial charge in [0.15, 0.2) is 0 Å². The molecule has 2 nitrogen and oxygen atoms in total. The van der Waals surface area contributed by atoms with E-state index in [1.165, 1.54) is 0 Å². The Kier molecular flexibility index (Phi) is 3.80. The Balaban J connectivity index is 2.38. The number of ether oxygens (including phenoxy) is 1. The van der Waals surface area contributed by atoms with Crippen LogP contribution in [0.1, 0.15) is 24.2 Å². The Morgan fingerprint density at radius 3 is 1.94 bits per heavy atom. The largest absolute Gasteiger partial charge is 0.374 e. The molecule has 0 fully saturated rings. The van der Waals surface area contributed by atoms with Crippen LogP contribution >= 0.6 is 0 Å². The van der Waals surface area contributed by atoms with Crippen molar-refractivity contribution in [2.24, 2.45) is 5.73 Å². The molecule has 2 aromatic rings. The van der Waals surface area contributed by atoms with Gasteiger partial charge in [0.05, 0.1) is 5.54 Å². The van der Waals surface area contributed by atoms with Crippen molar-refractivity contribution in [2.45, 2.75) is 18.6 Å². The summed E-state index contributed by atoms with van der Waals surface area (Å²) in [4.78, 5) is 0. The summed E-state index contributed by atoms with van der Waals surface area (Å²) in [5.74, 6) is 0. The summed E-state index contributed by atoms with van der Waals surface area (Å²) >= 11 is 0. The summed E-state index contributed by atoms with van der Waals surface area (Å²) in [5, 5.41) is 0. The smallest absolute Gasteiger partial charge is 0.104 e. The standard InChI is InChI=1S/C16H19NO/c1-16(17,14-11-7-4-8-12-14)15(18-2)13-9-5-3-6-10-13/h3-12,15H,17H2,1-2H3. The van der Waals surface area contributed by atoms with Gasteiger partial charge >= 0.3 is 0 Å². The maximum atomic E-state index is 6.50. The van der Waals surface area contributed by atoms with Crippen molar-refractivity contribution in [3.05, 3.63) is 71.8 Å². The molecule has 0 aliphatic heterocycles. The normalized spacial score (nSPS) is 15.9. The molecule has 0 spiro atoms. The van der Waals surface area contributed by atoms with Crippen LogP contribution in [0.3, 0.4) is 0 Å². The van der Waals surface area contributed by atoms with Crippen molar-refractivity contribution in [1.82, 2.24) is 0 Å². The molecule has 0 amide bonds. The quantitative estimate of drug-likeness (QED) is 0.891. The van der Waals surface area contributed by atoms with E-state index in [-0.39, 0.29) is 6.10 Å². The van der Waals surface area contributed by atoms with Gasteiger partial charge in [-0.05, 0) is 18.1 Å². The first-order chi connectivity index (χ1) is 8.66. The van der Waals surface area contributed by atoms with Crippen molar-refractivity contribution in [2.75, 3.05) is 7.11 Å². The minimum atomic E-state index is -0.558. The van der Waals surface area contributed by atoms with Crippen LogP contribution < -0.4 is 5.73 Å². The fourth-order valence-electron chi connectivity index (χ4n) is 2.30. The first kappa shape index (κ1) is 12.8. The Bertz CT molecular complexity index is 479. The molecule has 2 heteroatoms. The zero-order chi connectivity index (χ0) is 13.0. The molecule has 18 heavy (non-hydrogen) atoms. The Hall–Kier alpha value is -1.64. The van der Waals surface area contributed by atoms with E-state index in [4.69, 9.17) is 10.5 Å². The van der Waals surface area contributed by atoms with E-state index in [1.807, 2.05) is 67.6 Å². The first-order valence-corrected chi connectivity index (χ1v) is 6.08. The number of benzene rings is 2. The Morgan fingerprint density at radius 2 is 1.44 bits per heavy atom. The molecule has 2 rings (SSSR count). The molecule has 0 heterocycles. The first-order valence-electron chi connectivity index (χ1n) is 6.08. The number of hydrogen-bond donors (Lipinski definition) is 1. The minimum Gasteiger partial charge on any atom is -0.374 e. The van der Waals surface area contributed by atoms with Crippen LogP contribution in [0.2, 0.25) is 0 Å². The van der Waals surface area contributed by atoms with Gasteiger partial charge in [-0.3, -0.25) is 0 Å². The maximum absolute atomic E-state index is 6.50. The van der Waals surface area contributed by atoms with Crippen molar-refractivity contribution in [3.63, 3.8) is 0 Å². The average molecular weight is 241 g/mol. The molecule has 0 saturated carbocycles. The van der Waals surface area contributed by atoms with Crippen LogP contribution in [-0.4, -0.2) is 7.11 Å². The summed E-state index contributed by atoms with van der Waals surface area (Å²) < 4.78 is 5.63. The fourth-order valence-corrected chi connectivity index (χ4v) is 2.30. The Morgan fingerprint density at radius 1 is 0.944 bits per heavy atom. The maximum Gasteiger partial charge on any atom is 0.104 e. The third-order valence-corrected chi connectivity index (χ3v) is 3.28. The molecule has 0 aliphatic rings. The summed E-state index contributed by atoms with van der Waals surface area (Å²) in [6.45, 7) is 2.00. The zero-order valence-corrected chi connectivity index (χ0v) is 10.8. The number of rotatable bonds is 4. The molecule has 2 N–H and O–H groups in total. The molecule has 0 aromatic heterocycles. The molecular weight excluding hydrogens is 222 g/mol. The predicted molar refractivity (Wildman–Crippen MR) is 74.2 cm³/mol. The highest BCUT2D eigenvalue weighted by molar-refractivity contribution is 5.30. The third-order valence-electron chi connectivity index (χ3n) is 3.28. The van der Waals surface area contributed by atoms with Crippen LogP contribution in [0.4, 0.5) is 0 Å². The summed E-state index contributed by atoms with van der Waals surface area (Å²) in [5.41, 5.74) is 8.10. The second kappa shape index (κ2) is 5.34. The highest BCUT2D eigenvalue weighted by Gasteiger charge is 2.33. The lowest BCUT2D eigenvalue weighted by atomic mass is 9.84. The molecule has 0 aliphatic carbocycles. The third kappa shape index (κ3) is 2.45. The van der Waals surface area contributed by atoms with Crippen LogP contribution in [0.5, 0.6) is 0 Å². The van der Waals surface area contributed by atoms with E-state index in [0.29, 0.717) is 0 Å². The molecule has 2 atom stereocenters. The van der Waals surface area contributed by atoms with Crippen LogP contribution in [0.25, 0.3) is 0 Å². The highest BCUT2D eigenvalue weighted by Crippen LogP contribution is 2.34. The highest BCUT2D eigenvalue weighted by atomic mass is 16.5. The van der Waals surface area contributed by atoms with Gasteiger partial charge in [-0.2, -0.15) is 0 Å². The lowest BCUT2D eigenvalue weighted by Crippen LogP contribution is -2.40. The fraction of sp³-hybridized carbons (Fsp3) is 0.250. The van der Waals surface area contributed by atoms with Gasteiger partial charge in [0.25, 0.3) is 0 Å². The predicted octanol–water partition coefficient (Wildman–Crippen LogP) is 3.25. The van der Waals surface area contributed by atoms with E-state index in [0.717, 1.165) is 11.1 Å². The van der Waals surface area contributed by atoms with Gasteiger partial charge in [-0.1, -0.05) is 60.7 Å². The molecular formula is C16H19NO. The van der Waals surface area contributed by atoms with Crippen molar-refractivity contribution in [1.29, 1.82) is 0 Å². The second-order valence-corrected chi connectivity index (χ2v) is 4.68. The van der Waals surface area contributed by atoms with Crippen LogP contribution in [0.15, 0.2) is 60.7 Å². The number of hydrogen-bond acceptors (Lipinski definition) is 2. The zero-order valence-electron chi connectivity index (χ0n) is 10.8. The monoisotopic (exact) mass is 241 g/mol. The molecule has 94 valence electrons. The number of methoxy groups -OCH3 is 1. The summed E-state index contributed by atoms with van der Waals surface area (Å²) in [6.07, 6.45) is -0.166. The van der Waals surface area contributed by atoms with Gasteiger partial charge in [-0.25, -0.2) is 0 Å². The number of nitrogens with two attached hydrogens (primary N) is 1. The minimum absolute atomic E-state index is 0.166. The molecule has 0 bridgehead atoms. The van der Waals surface area contributed by atoms with E-state index in [2.05, 4.69) is 0 Å². The van der Waals surface area contributed by atoms with Crippen molar-refractivity contribution >= 4 is 0 Å². The summed E-state index contributed by atoms with van der Waals surface area (Å²) in [7, 11) is 1.70. The topological polar surface area (TPSA) is 35.2 Å².